The van der Waals surface area contributed by atoms with Gasteiger partial charge >= 0.3 is 0 Å². The average molecular weight is 519 g/mol. The first-order chi connectivity index (χ1) is 18.6. The van der Waals surface area contributed by atoms with Crippen LogP contribution in [0, 0.1) is 0 Å². The molecule has 0 heterocycles. The van der Waals surface area contributed by atoms with E-state index >= 15 is 0 Å². The van der Waals surface area contributed by atoms with Crippen molar-refractivity contribution in [3.63, 3.8) is 0 Å². The zero-order valence-electron chi connectivity index (χ0n) is 20.8. The maximum Gasteiger partial charge on any atom is 0.255 e. The van der Waals surface area contributed by atoms with Crippen molar-refractivity contribution < 1.29 is 14.3 Å². The molecule has 2 amide bonds. The lowest BCUT2D eigenvalue weighted by Crippen LogP contribution is -2.19. The Hall–Kier alpha value is -4.55. The van der Waals surface area contributed by atoms with E-state index in [1.54, 1.807) is 31.4 Å². The van der Waals surface area contributed by atoms with Crippen molar-refractivity contribution in [3.8, 4) is 5.75 Å². The van der Waals surface area contributed by atoms with Crippen LogP contribution in [0.2, 0.25) is 0 Å². The Bertz CT molecular complexity index is 1590. The van der Waals surface area contributed by atoms with Gasteiger partial charge in [-0.1, -0.05) is 72.8 Å². The molecule has 5 aromatic carbocycles. The highest BCUT2D eigenvalue weighted by atomic mass is 32.2. The summed E-state index contributed by atoms with van der Waals surface area (Å²) in [5, 5.41) is 7.72. The summed E-state index contributed by atoms with van der Waals surface area (Å²) in [6, 6.07) is 38.1. The molecule has 5 aromatic rings. The molecule has 6 heteroatoms. The standard InChI is InChI=1S/C32H26N2O3S/c1-37-28-15-7-13-25(20-28)31(35)33-26-14-8-16-29(21-26)38-30(23-10-3-2-4-11-23)32(36)34-27-18-17-22-9-5-6-12-24(22)19-27/h2-21,30H,1H3,(H,33,35)(H,34,36). The number of nitrogens with one attached hydrogen (secondary N) is 2. The molecule has 0 aliphatic rings. The largest absolute Gasteiger partial charge is 0.497 e. The van der Waals surface area contributed by atoms with Gasteiger partial charge in [-0.2, -0.15) is 0 Å². The fourth-order valence-corrected chi connectivity index (χ4v) is 5.21. The first kappa shape index (κ1) is 25.1. The Kier molecular flexibility index (Phi) is 7.71. The van der Waals surface area contributed by atoms with E-state index in [9.17, 15) is 9.59 Å². The molecule has 0 aromatic heterocycles. The van der Waals surface area contributed by atoms with Gasteiger partial charge in [0.2, 0.25) is 5.91 Å². The van der Waals surface area contributed by atoms with Gasteiger partial charge in [0, 0.05) is 21.8 Å². The number of anilines is 2. The van der Waals surface area contributed by atoms with Gasteiger partial charge < -0.3 is 15.4 Å². The summed E-state index contributed by atoms with van der Waals surface area (Å²) >= 11 is 1.43. The first-order valence-corrected chi connectivity index (χ1v) is 13.0. The van der Waals surface area contributed by atoms with Crippen LogP contribution >= 0.6 is 11.8 Å². The molecule has 5 rings (SSSR count). The number of ether oxygens (including phenoxy) is 1. The molecule has 0 aliphatic carbocycles. The predicted molar refractivity (Wildman–Crippen MR) is 155 cm³/mol. The second-order valence-corrected chi connectivity index (χ2v) is 9.85. The Balaban J connectivity index is 1.36. The van der Waals surface area contributed by atoms with Crippen LogP contribution in [0.1, 0.15) is 21.2 Å². The highest BCUT2D eigenvalue weighted by Crippen LogP contribution is 2.37. The second kappa shape index (κ2) is 11.7. The van der Waals surface area contributed by atoms with Gasteiger partial charge in [0.15, 0.2) is 0 Å². The molecule has 0 saturated carbocycles. The fraction of sp³-hybridized carbons (Fsp3) is 0.0625. The van der Waals surface area contributed by atoms with Crippen molar-refractivity contribution in [1.82, 2.24) is 0 Å². The van der Waals surface area contributed by atoms with Crippen LogP contribution in [-0.4, -0.2) is 18.9 Å². The molecule has 2 N–H and O–H groups in total. The lowest BCUT2D eigenvalue weighted by molar-refractivity contribution is -0.115. The Morgan fingerprint density at radius 1 is 0.684 bits per heavy atom. The van der Waals surface area contributed by atoms with Crippen LogP contribution in [0.5, 0.6) is 5.75 Å². The van der Waals surface area contributed by atoms with Crippen molar-refractivity contribution >= 4 is 45.7 Å². The van der Waals surface area contributed by atoms with Gasteiger partial charge in [-0.3, -0.25) is 9.59 Å². The van der Waals surface area contributed by atoms with Crippen molar-refractivity contribution in [2.75, 3.05) is 17.7 Å². The fourth-order valence-electron chi connectivity index (χ4n) is 4.13. The summed E-state index contributed by atoms with van der Waals surface area (Å²) in [5.74, 6) is 0.257. The lowest BCUT2D eigenvalue weighted by Gasteiger charge is -2.18. The molecule has 0 bridgehead atoms. The Morgan fingerprint density at radius 2 is 1.42 bits per heavy atom. The van der Waals surface area contributed by atoms with Crippen LogP contribution in [0.3, 0.4) is 0 Å². The topological polar surface area (TPSA) is 67.4 Å². The summed E-state index contributed by atoms with van der Waals surface area (Å²) in [7, 11) is 1.57. The van der Waals surface area contributed by atoms with Crippen LogP contribution in [0.25, 0.3) is 10.8 Å². The highest BCUT2D eigenvalue weighted by Gasteiger charge is 2.22. The van der Waals surface area contributed by atoms with E-state index in [1.165, 1.54) is 11.8 Å². The molecule has 1 atom stereocenters. The number of benzene rings is 5. The Labute approximate surface area is 225 Å². The minimum absolute atomic E-state index is 0.123. The molecule has 0 fully saturated rings. The molecular weight excluding hydrogens is 492 g/mol. The minimum atomic E-state index is -0.494. The van der Waals surface area contributed by atoms with E-state index in [0.29, 0.717) is 17.0 Å². The van der Waals surface area contributed by atoms with E-state index in [0.717, 1.165) is 26.9 Å². The maximum absolute atomic E-state index is 13.5. The van der Waals surface area contributed by atoms with Gasteiger partial charge in [-0.25, -0.2) is 0 Å². The summed E-state index contributed by atoms with van der Waals surface area (Å²) < 4.78 is 5.22. The van der Waals surface area contributed by atoms with E-state index < -0.39 is 5.25 Å². The van der Waals surface area contributed by atoms with E-state index in [2.05, 4.69) is 10.6 Å². The molecule has 0 spiro atoms. The quantitative estimate of drug-likeness (QED) is 0.208. The van der Waals surface area contributed by atoms with Crippen molar-refractivity contribution in [2.45, 2.75) is 10.1 Å². The molecule has 0 saturated heterocycles. The van der Waals surface area contributed by atoms with Gasteiger partial charge in [-0.15, -0.1) is 11.8 Å². The number of fused-ring (bicyclic) bond motifs is 1. The summed E-state index contributed by atoms with van der Waals surface area (Å²) in [4.78, 5) is 27.2. The minimum Gasteiger partial charge on any atom is -0.497 e. The van der Waals surface area contributed by atoms with E-state index in [4.69, 9.17) is 4.74 Å². The summed E-state index contributed by atoms with van der Waals surface area (Å²) in [5.41, 5.74) is 2.78. The molecule has 188 valence electrons. The number of thioether (sulfide) groups is 1. The van der Waals surface area contributed by atoms with Gasteiger partial charge in [0.05, 0.1) is 7.11 Å². The lowest BCUT2D eigenvalue weighted by atomic mass is 10.1. The summed E-state index contributed by atoms with van der Waals surface area (Å²) in [6.45, 7) is 0. The third kappa shape index (κ3) is 6.05. The van der Waals surface area contributed by atoms with Crippen LogP contribution in [-0.2, 0) is 4.79 Å². The smallest absolute Gasteiger partial charge is 0.255 e. The molecule has 1 unspecified atom stereocenters. The number of hydrogen-bond acceptors (Lipinski definition) is 4. The van der Waals surface area contributed by atoms with Gasteiger partial charge in [0.25, 0.3) is 5.91 Å². The number of carbonyl (C=O) groups is 2. The Morgan fingerprint density at radius 3 is 2.24 bits per heavy atom. The highest BCUT2D eigenvalue weighted by molar-refractivity contribution is 8.00. The van der Waals surface area contributed by atoms with Crippen molar-refractivity contribution in [2.24, 2.45) is 0 Å². The van der Waals surface area contributed by atoms with Gasteiger partial charge in [0.1, 0.15) is 11.0 Å². The number of hydrogen-bond donors (Lipinski definition) is 2. The SMILES string of the molecule is COc1cccc(C(=O)Nc2cccc(SC(C(=O)Nc3ccc4ccccc4c3)c3ccccc3)c2)c1. The average Bonchev–Trinajstić information content (AvgIpc) is 2.96. The molecule has 0 radical (unpaired) electrons. The number of methoxy groups -OCH3 is 1. The molecule has 38 heavy (non-hydrogen) atoms. The third-order valence-electron chi connectivity index (χ3n) is 6.04. The normalized spacial score (nSPS) is 11.5. The molecule has 5 nitrogen and oxygen atoms in total. The molecular formula is C32H26N2O3S. The maximum atomic E-state index is 13.5. The zero-order valence-corrected chi connectivity index (χ0v) is 21.6. The predicted octanol–water partition coefficient (Wildman–Crippen LogP) is 7.57. The van der Waals surface area contributed by atoms with Crippen LogP contribution in [0.4, 0.5) is 11.4 Å². The number of amides is 2. The molecule has 0 aliphatic heterocycles. The van der Waals surface area contributed by atoms with Gasteiger partial charge in [-0.05, 0) is 64.9 Å². The van der Waals surface area contributed by atoms with Crippen LogP contribution in [0.15, 0.2) is 126 Å². The third-order valence-corrected chi connectivity index (χ3v) is 7.28. The van der Waals surface area contributed by atoms with Crippen LogP contribution < -0.4 is 15.4 Å². The second-order valence-electron chi connectivity index (χ2n) is 8.67. The van der Waals surface area contributed by atoms with Crippen molar-refractivity contribution in [3.05, 3.63) is 132 Å². The first-order valence-electron chi connectivity index (χ1n) is 12.2. The van der Waals surface area contributed by atoms with E-state index in [-0.39, 0.29) is 11.8 Å². The summed E-state index contributed by atoms with van der Waals surface area (Å²) in [6.07, 6.45) is 0. The number of rotatable bonds is 8. The van der Waals surface area contributed by atoms with Crippen molar-refractivity contribution in [1.29, 1.82) is 0 Å². The number of carbonyl (C=O) groups excluding carboxylic acids is 2. The zero-order chi connectivity index (χ0) is 26.3. The van der Waals surface area contributed by atoms with E-state index in [1.807, 2.05) is 97.1 Å². The monoisotopic (exact) mass is 518 g/mol.